The van der Waals surface area contributed by atoms with Crippen molar-refractivity contribution in [2.45, 2.75) is 32.7 Å². The lowest BCUT2D eigenvalue weighted by Gasteiger charge is -2.26. The number of nitrogens with one attached hydrogen (secondary N) is 1. The molecule has 4 rings (SSSR count). The molecule has 0 saturated carbocycles. The second kappa shape index (κ2) is 9.30. The molecule has 1 aliphatic heterocycles. The molecule has 0 unspecified atom stereocenters. The van der Waals surface area contributed by atoms with Gasteiger partial charge in [-0.15, -0.1) is 0 Å². The Morgan fingerprint density at radius 1 is 1.12 bits per heavy atom. The highest BCUT2D eigenvalue weighted by Gasteiger charge is 2.16. The number of amides is 1. The molecule has 0 bridgehead atoms. The number of imidazole rings is 1. The Bertz CT molecular complexity index is 1080. The third kappa shape index (κ3) is 5.29. The van der Waals surface area contributed by atoms with E-state index in [2.05, 4.69) is 35.6 Å². The van der Waals surface area contributed by atoms with Crippen LogP contribution in [0.25, 0.3) is 11.0 Å². The van der Waals surface area contributed by atoms with Gasteiger partial charge in [0.25, 0.3) is 5.91 Å². The van der Waals surface area contributed by atoms with E-state index in [1.54, 1.807) is 0 Å². The molecule has 32 heavy (non-hydrogen) atoms. The SMILES string of the molecule is Cn1c(CN2CCOCC2)nc2cc(NC(=O)COc3ccc(C(C)(C)C)cc3)ccc21. The van der Waals surface area contributed by atoms with E-state index >= 15 is 0 Å². The number of carbonyl (C=O) groups is 1. The van der Waals surface area contributed by atoms with Gasteiger partial charge >= 0.3 is 0 Å². The Hall–Kier alpha value is -2.90. The number of aryl methyl sites for hydroxylation is 1. The summed E-state index contributed by atoms with van der Waals surface area (Å²) in [6.07, 6.45) is 0. The zero-order valence-corrected chi connectivity index (χ0v) is 19.4. The van der Waals surface area contributed by atoms with E-state index in [9.17, 15) is 4.79 Å². The first-order chi connectivity index (χ1) is 15.3. The fourth-order valence-electron chi connectivity index (χ4n) is 3.83. The topological polar surface area (TPSA) is 68.6 Å². The van der Waals surface area contributed by atoms with Crippen molar-refractivity contribution in [2.24, 2.45) is 7.05 Å². The first kappa shape index (κ1) is 22.3. The molecule has 7 heteroatoms. The summed E-state index contributed by atoms with van der Waals surface area (Å²) in [5, 5.41) is 2.91. The van der Waals surface area contributed by atoms with Gasteiger partial charge in [0.1, 0.15) is 11.6 Å². The summed E-state index contributed by atoms with van der Waals surface area (Å²) in [6, 6.07) is 13.7. The van der Waals surface area contributed by atoms with Crippen molar-refractivity contribution in [1.29, 1.82) is 0 Å². The molecule has 0 spiro atoms. The molecule has 1 N–H and O–H groups in total. The van der Waals surface area contributed by atoms with Gasteiger partial charge in [-0.1, -0.05) is 32.9 Å². The summed E-state index contributed by atoms with van der Waals surface area (Å²) in [5.41, 5.74) is 3.94. The van der Waals surface area contributed by atoms with Gasteiger partial charge in [0, 0.05) is 25.8 Å². The van der Waals surface area contributed by atoms with Gasteiger partial charge in [-0.25, -0.2) is 4.98 Å². The van der Waals surface area contributed by atoms with Crippen molar-refractivity contribution >= 4 is 22.6 Å². The lowest BCUT2D eigenvalue weighted by atomic mass is 9.87. The third-order valence-corrected chi connectivity index (χ3v) is 5.82. The molecule has 2 heterocycles. The van der Waals surface area contributed by atoms with E-state index in [1.165, 1.54) is 5.56 Å². The Kier molecular flexibility index (Phi) is 6.48. The number of benzene rings is 2. The molecule has 1 amide bonds. The van der Waals surface area contributed by atoms with Gasteiger partial charge in [-0.05, 0) is 41.3 Å². The van der Waals surface area contributed by atoms with Crippen LogP contribution in [-0.2, 0) is 28.5 Å². The van der Waals surface area contributed by atoms with Crippen LogP contribution < -0.4 is 10.1 Å². The fraction of sp³-hybridized carbons (Fsp3) is 0.440. The summed E-state index contributed by atoms with van der Waals surface area (Å²) in [7, 11) is 2.03. The summed E-state index contributed by atoms with van der Waals surface area (Å²) in [5.74, 6) is 1.49. The smallest absolute Gasteiger partial charge is 0.262 e. The van der Waals surface area contributed by atoms with Crippen LogP contribution in [0.2, 0.25) is 0 Å². The van der Waals surface area contributed by atoms with Crippen LogP contribution in [0.5, 0.6) is 5.75 Å². The number of aromatic nitrogens is 2. The minimum atomic E-state index is -0.200. The van der Waals surface area contributed by atoms with Gasteiger partial charge in [0.15, 0.2) is 6.61 Å². The summed E-state index contributed by atoms with van der Waals surface area (Å²) >= 11 is 0. The summed E-state index contributed by atoms with van der Waals surface area (Å²) in [4.78, 5) is 19.5. The van der Waals surface area contributed by atoms with Gasteiger partial charge in [0.05, 0.1) is 30.8 Å². The number of hydrogen-bond acceptors (Lipinski definition) is 5. The van der Waals surface area contributed by atoms with E-state index in [4.69, 9.17) is 14.5 Å². The van der Waals surface area contributed by atoms with Gasteiger partial charge in [-0.2, -0.15) is 0 Å². The quantitative estimate of drug-likeness (QED) is 0.638. The Labute approximate surface area is 189 Å². The lowest BCUT2D eigenvalue weighted by Crippen LogP contribution is -2.36. The second-order valence-corrected chi connectivity index (χ2v) is 9.29. The van der Waals surface area contributed by atoms with Gasteiger partial charge in [-0.3, -0.25) is 9.69 Å². The maximum Gasteiger partial charge on any atom is 0.262 e. The molecule has 1 aliphatic rings. The van der Waals surface area contributed by atoms with Crippen LogP contribution in [0.1, 0.15) is 32.2 Å². The van der Waals surface area contributed by atoms with Crippen molar-refractivity contribution in [3.05, 3.63) is 53.9 Å². The van der Waals surface area contributed by atoms with Crippen molar-refractivity contribution in [3.8, 4) is 5.75 Å². The minimum Gasteiger partial charge on any atom is -0.484 e. The number of anilines is 1. The largest absolute Gasteiger partial charge is 0.484 e. The Balaban J connectivity index is 1.36. The van der Waals surface area contributed by atoms with Gasteiger partial charge in [0.2, 0.25) is 0 Å². The molecule has 2 aromatic carbocycles. The van der Waals surface area contributed by atoms with E-state index in [-0.39, 0.29) is 17.9 Å². The first-order valence-corrected chi connectivity index (χ1v) is 11.1. The third-order valence-electron chi connectivity index (χ3n) is 5.82. The number of nitrogens with zero attached hydrogens (tertiary/aromatic N) is 3. The monoisotopic (exact) mass is 436 g/mol. The second-order valence-electron chi connectivity index (χ2n) is 9.29. The number of carbonyl (C=O) groups excluding carboxylic acids is 1. The Morgan fingerprint density at radius 2 is 1.84 bits per heavy atom. The highest BCUT2D eigenvalue weighted by Crippen LogP contribution is 2.24. The number of hydrogen-bond donors (Lipinski definition) is 1. The predicted molar refractivity (Wildman–Crippen MR) is 126 cm³/mol. The van der Waals surface area contributed by atoms with Gasteiger partial charge < -0.3 is 19.4 Å². The summed E-state index contributed by atoms with van der Waals surface area (Å²) < 4.78 is 13.2. The average molecular weight is 437 g/mol. The Morgan fingerprint density at radius 3 is 2.53 bits per heavy atom. The zero-order chi connectivity index (χ0) is 22.7. The highest BCUT2D eigenvalue weighted by molar-refractivity contribution is 5.94. The fourth-order valence-corrected chi connectivity index (χ4v) is 3.83. The van der Waals surface area contributed by atoms with E-state index in [1.807, 2.05) is 49.5 Å². The zero-order valence-electron chi connectivity index (χ0n) is 19.4. The normalized spacial score (nSPS) is 15.1. The molecule has 0 atom stereocenters. The lowest BCUT2D eigenvalue weighted by molar-refractivity contribution is -0.118. The maximum absolute atomic E-state index is 12.4. The number of fused-ring (bicyclic) bond motifs is 1. The van der Waals surface area contributed by atoms with Crippen molar-refractivity contribution in [2.75, 3.05) is 38.2 Å². The average Bonchev–Trinajstić information content (AvgIpc) is 3.07. The molecule has 0 aliphatic carbocycles. The molecule has 1 saturated heterocycles. The number of rotatable bonds is 6. The van der Waals surface area contributed by atoms with Crippen LogP contribution in [0.15, 0.2) is 42.5 Å². The predicted octanol–water partition coefficient (Wildman–Crippen LogP) is 3.72. The summed E-state index contributed by atoms with van der Waals surface area (Å²) in [6.45, 7) is 10.6. The van der Waals surface area contributed by atoms with Crippen LogP contribution in [0.3, 0.4) is 0 Å². The van der Waals surface area contributed by atoms with Crippen molar-refractivity contribution in [1.82, 2.24) is 14.5 Å². The molecule has 170 valence electrons. The van der Waals surface area contributed by atoms with Crippen molar-refractivity contribution in [3.63, 3.8) is 0 Å². The number of morpholine rings is 1. The van der Waals surface area contributed by atoms with Crippen LogP contribution in [-0.4, -0.2) is 53.3 Å². The van der Waals surface area contributed by atoms with Crippen LogP contribution in [0.4, 0.5) is 5.69 Å². The standard InChI is InChI=1S/C25H32N4O3/c1-25(2,3)18-5-8-20(9-6-18)32-17-24(30)26-19-7-10-22-21(15-19)27-23(28(22)4)16-29-11-13-31-14-12-29/h5-10,15H,11-14,16-17H2,1-4H3,(H,26,30). The van der Waals surface area contributed by atoms with Crippen molar-refractivity contribution < 1.29 is 14.3 Å². The molecule has 7 nitrogen and oxygen atoms in total. The number of ether oxygens (including phenoxy) is 2. The molecule has 1 aromatic heterocycles. The first-order valence-electron chi connectivity index (χ1n) is 11.1. The van der Waals surface area contributed by atoms with E-state index in [0.717, 1.165) is 49.7 Å². The van der Waals surface area contributed by atoms with Crippen LogP contribution >= 0.6 is 0 Å². The molecular formula is C25H32N4O3. The molecule has 3 aromatic rings. The van der Waals surface area contributed by atoms with E-state index in [0.29, 0.717) is 11.4 Å². The molecular weight excluding hydrogens is 404 g/mol. The minimum absolute atomic E-state index is 0.0442. The molecule has 0 radical (unpaired) electrons. The van der Waals surface area contributed by atoms with Crippen LogP contribution in [0, 0.1) is 0 Å². The van der Waals surface area contributed by atoms with E-state index < -0.39 is 0 Å². The highest BCUT2D eigenvalue weighted by atomic mass is 16.5. The maximum atomic E-state index is 12.4. The molecule has 1 fully saturated rings.